The first-order valence-electron chi connectivity index (χ1n) is 8.51. The molecule has 3 rings (SSSR count). The van der Waals surface area contributed by atoms with Gasteiger partial charge in [-0.2, -0.15) is 0 Å². The quantitative estimate of drug-likeness (QED) is 0.916. The third-order valence-corrected chi connectivity index (χ3v) is 4.68. The van der Waals surface area contributed by atoms with Gasteiger partial charge in [-0.1, -0.05) is 29.8 Å². The third kappa shape index (κ3) is 4.08. The van der Waals surface area contributed by atoms with Crippen LogP contribution in [0.4, 0.5) is 5.69 Å². The highest BCUT2D eigenvalue weighted by Gasteiger charge is 2.20. The van der Waals surface area contributed by atoms with E-state index in [-0.39, 0.29) is 0 Å². The van der Waals surface area contributed by atoms with Gasteiger partial charge in [0.25, 0.3) is 0 Å². The summed E-state index contributed by atoms with van der Waals surface area (Å²) in [6.45, 7) is 6.70. The molecule has 0 aliphatic carbocycles. The molecule has 1 unspecified atom stereocenters. The highest BCUT2D eigenvalue weighted by molar-refractivity contribution is 5.47. The normalized spacial score (nSPS) is 16.9. The predicted molar refractivity (Wildman–Crippen MR) is 97.8 cm³/mol. The fraction of sp³-hybridized carbons (Fsp3) is 0.400. The number of methoxy groups -OCH3 is 1. The van der Waals surface area contributed by atoms with E-state index in [4.69, 9.17) is 4.74 Å². The van der Waals surface area contributed by atoms with Gasteiger partial charge in [0.15, 0.2) is 0 Å². The number of β-amino-alcohol motifs (C(OH)–C–C–N with tert-alkyl or cyclic N) is 1. The van der Waals surface area contributed by atoms with E-state index in [9.17, 15) is 5.11 Å². The molecular formula is C20H26N2O2. The van der Waals surface area contributed by atoms with Crippen molar-refractivity contribution in [2.24, 2.45) is 0 Å². The molecule has 1 aliphatic heterocycles. The number of hydrogen-bond donors (Lipinski definition) is 1. The Kier molecular flexibility index (Phi) is 5.38. The van der Waals surface area contributed by atoms with Gasteiger partial charge in [0.2, 0.25) is 0 Å². The van der Waals surface area contributed by atoms with E-state index in [0.29, 0.717) is 6.54 Å². The average molecular weight is 326 g/mol. The second kappa shape index (κ2) is 7.69. The molecule has 0 amide bonds. The van der Waals surface area contributed by atoms with Crippen molar-refractivity contribution >= 4 is 5.69 Å². The van der Waals surface area contributed by atoms with E-state index in [1.807, 2.05) is 24.3 Å². The van der Waals surface area contributed by atoms with Gasteiger partial charge in [-0.3, -0.25) is 4.90 Å². The van der Waals surface area contributed by atoms with E-state index >= 15 is 0 Å². The number of aliphatic hydroxyl groups excluding tert-OH is 1. The molecule has 1 fully saturated rings. The highest BCUT2D eigenvalue weighted by atomic mass is 16.5. The molecule has 128 valence electrons. The van der Waals surface area contributed by atoms with Crippen molar-refractivity contribution in [3.8, 4) is 5.75 Å². The summed E-state index contributed by atoms with van der Waals surface area (Å²) >= 11 is 0. The smallest absolute Gasteiger partial charge is 0.119 e. The van der Waals surface area contributed by atoms with Gasteiger partial charge in [0.05, 0.1) is 13.2 Å². The molecule has 1 heterocycles. The van der Waals surface area contributed by atoms with Crippen molar-refractivity contribution in [3.05, 3.63) is 59.7 Å². The molecule has 0 spiro atoms. The molecule has 1 aliphatic rings. The summed E-state index contributed by atoms with van der Waals surface area (Å²) in [4.78, 5) is 4.74. The molecule has 24 heavy (non-hydrogen) atoms. The Labute approximate surface area is 144 Å². The predicted octanol–water partition coefficient (Wildman–Crippen LogP) is 2.86. The molecule has 0 saturated carbocycles. The van der Waals surface area contributed by atoms with E-state index in [0.717, 1.165) is 37.5 Å². The number of aryl methyl sites for hydroxylation is 1. The van der Waals surface area contributed by atoms with Crippen LogP contribution in [0.15, 0.2) is 48.5 Å². The van der Waals surface area contributed by atoms with Gasteiger partial charge in [0.1, 0.15) is 5.75 Å². The Hall–Kier alpha value is -2.04. The number of aliphatic hydroxyl groups is 1. The standard InChI is InChI=1S/C20H26N2O2/c1-16-6-8-18(9-7-16)22-12-10-21(11-13-22)15-20(23)17-4-3-5-19(14-17)24-2/h3-9,14,20,23H,10-13,15H2,1-2H3. The summed E-state index contributed by atoms with van der Waals surface area (Å²) in [5, 5.41) is 10.5. The first kappa shape index (κ1) is 16.8. The van der Waals surface area contributed by atoms with Crippen LogP contribution >= 0.6 is 0 Å². The maximum Gasteiger partial charge on any atom is 0.119 e. The van der Waals surface area contributed by atoms with Crippen molar-refractivity contribution < 1.29 is 9.84 Å². The molecule has 1 N–H and O–H groups in total. The number of anilines is 1. The van der Waals surface area contributed by atoms with E-state index < -0.39 is 6.10 Å². The van der Waals surface area contributed by atoms with E-state index in [1.165, 1.54) is 11.3 Å². The Morgan fingerprint density at radius 2 is 1.75 bits per heavy atom. The van der Waals surface area contributed by atoms with Crippen LogP contribution < -0.4 is 9.64 Å². The number of benzene rings is 2. The summed E-state index contributed by atoms with van der Waals surface area (Å²) in [6.07, 6.45) is -0.481. The summed E-state index contributed by atoms with van der Waals surface area (Å²) in [5.41, 5.74) is 3.49. The lowest BCUT2D eigenvalue weighted by molar-refractivity contribution is 0.109. The molecule has 0 aromatic heterocycles. The number of nitrogens with zero attached hydrogens (tertiary/aromatic N) is 2. The van der Waals surface area contributed by atoms with Gasteiger partial charge < -0.3 is 14.7 Å². The molecule has 0 bridgehead atoms. The van der Waals surface area contributed by atoms with E-state index in [1.54, 1.807) is 7.11 Å². The zero-order valence-corrected chi connectivity index (χ0v) is 14.5. The molecule has 0 radical (unpaired) electrons. The first-order valence-corrected chi connectivity index (χ1v) is 8.51. The van der Waals surface area contributed by atoms with Crippen LogP contribution in [-0.4, -0.2) is 49.8 Å². The molecule has 4 nitrogen and oxygen atoms in total. The topological polar surface area (TPSA) is 35.9 Å². The summed E-state index contributed by atoms with van der Waals surface area (Å²) < 4.78 is 5.24. The van der Waals surface area contributed by atoms with Gasteiger partial charge in [-0.25, -0.2) is 0 Å². The lowest BCUT2D eigenvalue weighted by Crippen LogP contribution is -2.47. The van der Waals surface area contributed by atoms with Crippen LogP contribution in [-0.2, 0) is 0 Å². The Morgan fingerprint density at radius 1 is 1.04 bits per heavy atom. The molecular weight excluding hydrogens is 300 g/mol. The second-order valence-corrected chi connectivity index (χ2v) is 6.42. The fourth-order valence-electron chi connectivity index (χ4n) is 3.14. The van der Waals surface area contributed by atoms with Crippen molar-refractivity contribution in [1.29, 1.82) is 0 Å². The van der Waals surface area contributed by atoms with Crippen LogP contribution in [0.5, 0.6) is 5.75 Å². The van der Waals surface area contributed by atoms with Crippen molar-refractivity contribution in [2.75, 3.05) is 44.7 Å². The van der Waals surface area contributed by atoms with Crippen LogP contribution in [0.2, 0.25) is 0 Å². The second-order valence-electron chi connectivity index (χ2n) is 6.42. The Morgan fingerprint density at radius 3 is 2.42 bits per heavy atom. The molecule has 2 aromatic carbocycles. The number of piperazine rings is 1. The average Bonchev–Trinajstić information content (AvgIpc) is 2.63. The van der Waals surface area contributed by atoms with Crippen LogP contribution in [0.3, 0.4) is 0 Å². The zero-order chi connectivity index (χ0) is 16.9. The molecule has 1 saturated heterocycles. The number of hydrogen-bond acceptors (Lipinski definition) is 4. The van der Waals surface area contributed by atoms with Gasteiger partial charge in [-0.15, -0.1) is 0 Å². The minimum Gasteiger partial charge on any atom is -0.497 e. The third-order valence-electron chi connectivity index (χ3n) is 4.68. The monoisotopic (exact) mass is 326 g/mol. The lowest BCUT2D eigenvalue weighted by Gasteiger charge is -2.37. The zero-order valence-electron chi connectivity index (χ0n) is 14.5. The minimum absolute atomic E-state index is 0.481. The number of rotatable bonds is 5. The van der Waals surface area contributed by atoms with Crippen LogP contribution in [0, 0.1) is 6.92 Å². The highest BCUT2D eigenvalue weighted by Crippen LogP contribution is 2.22. The van der Waals surface area contributed by atoms with Gasteiger partial charge in [0, 0.05) is 38.4 Å². The van der Waals surface area contributed by atoms with Crippen molar-refractivity contribution in [2.45, 2.75) is 13.0 Å². The summed E-state index contributed by atoms with van der Waals surface area (Å²) in [6, 6.07) is 16.4. The van der Waals surface area contributed by atoms with Crippen LogP contribution in [0.25, 0.3) is 0 Å². The largest absolute Gasteiger partial charge is 0.497 e. The maximum absolute atomic E-state index is 10.5. The minimum atomic E-state index is -0.481. The SMILES string of the molecule is COc1cccc(C(O)CN2CCN(c3ccc(C)cc3)CC2)c1. The molecule has 1 atom stereocenters. The van der Waals surface area contributed by atoms with Crippen molar-refractivity contribution in [1.82, 2.24) is 4.90 Å². The Balaban J connectivity index is 1.54. The summed E-state index contributed by atoms with van der Waals surface area (Å²) in [7, 11) is 1.65. The van der Waals surface area contributed by atoms with Crippen molar-refractivity contribution in [3.63, 3.8) is 0 Å². The molecule has 2 aromatic rings. The van der Waals surface area contributed by atoms with Crippen LogP contribution in [0.1, 0.15) is 17.2 Å². The Bertz CT molecular complexity index is 649. The van der Waals surface area contributed by atoms with Gasteiger partial charge >= 0.3 is 0 Å². The molecule has 4 heteroatoms. The van der Waals surface area contributed by atoms with Gasteiger partial charge in [-0.05, 0) is 36.8 Å². The lowest BCUT2D eigenvalue weighted by atomic mass is 10.1. The first-order chi connectivity index (χ1) is 11.7. The number of ether oxygens (including phenoxy) is 1. The summed E-state index contributed by atoms with van der Waals surface area (Å²) in [5.74, 6) is 0.788. The fourth-order valence-corrected chi connectivity index (χ4v) is 3.14. The maximum atomic E-state index is 10.5. The van der Waals surface area contributed by atoms with E-state index in [2.05, 4.69) is 41.0 Å².